The zero-order valence-corrected chi connectivity index (χ0v) is 19.9. The maximum atomic E-state index is 13.2. The van der Waals surface area contributed by atoms with Crippen molar-refractivity contribution >= 4 is 45.9 Å². The minimum Gasteiger partial charge on any atom is -0.325 e. The highest BCUT2D eigenvalue weighted by atomic mass is 32.2. The molecule has 2 aromatic carbocycles. The number of nitrogens with zero attached hydrogens (tertiary/aromatic N) is 4. The van der Waals surface area contributed by atoms with Gasteiger partial charge in [0.25, 0.3) is 5.56 Å². The second-order valence-corrected chi connectivity index (χ2v) is 9.20. The summed E-state index contributed by atoms with van der Waals surface area (Å²) < 4.78 is 1.60. The predicted octanol–water partition coefficient (Wildman–Crippen LogP) is 3.48. The number of rotatable bonds is 6. The van der Waals surface area contributed by atoms with E-state index in [0.717, 1.165) is 23.2 Å². The van der Waals surface area contributed by atoms with Crippen LogP contribution in [-0.4, -0.2) is 38.6 Å². The molecule has 2 aromatic heterocycles. The van der Waals surface area contributed by atoms with Crippen LogP contribution in [-0.2, 0) is 22.6 Å². The largest absolute Gasteiger partial charge is 0.325 e. The first-order valence-electron chi connectivity index (χ1n) is 11.2. The van der Waals surface area contributed by atoms with Crippen LogP contribution in [0.15, 0.2) is 76.9 Å². The van der Waals surface area contributed by atoms with Gasteiger partial charge in [0.05, 0.1) is 23.2 Å². The molecule has 0 radical (unpaired) electrons. The number of para-hydroxylation sites is 1. The molecule has 4 aromatic rings. The molecule has 0 unspecified atom stereocenters. The highest BCUT2D eigenvalue weighted by Crippen LogP contribution is 2.30. The summed E-state index contributed by atoms with van der Waals surface area (Å²) in [7, 11) is 0. The maximum absolute atomic E-state index is 13.2. The van der Waals surface area contributed by atoms with Gasteiger partial charge in [-0.1, -0.05) is 23.9 Å². The fraction of sp³-hybridized carbons (Fsp3) is 0.192. The summed E-state index contributed by atoms with van der Waals surface area (Å²) >= 11 is 1.22. The number of carbonyl (C=O) groups is 2. The van der Waals surface area contributed by atoms with E-state index in [-0.39, 0.29) is 23.1 Å². The van der Waals surface area contributed by atoms with Crippen molar-refractivity contribution in [3.8, 4) is 0 Å². The number of hydrogen-bond acceptors (Lipinski definition) is 6. The SMILES string of the molecule is CC(=O)N1CCc2cc(NC(=O)CSc3nc4ccccc4c(=O)n3Cc3ccncc3)ccc21. The molecule has 2 amide bonds. The van der Waals surface area contributed by atoms with Crippen LogP contribution >= 0.6 is 11.8 Å². The van der Waals surface area contributed by atoms with Gasteiger partial charge in [0.1, 0.15) is 0 Å². The van der Waals surface area contributed by atoms with Crippen LogP contribution in [0, 0.1) is 0 Å². The first-order valence-corrected chi connectivity index (χ1v) is 12.2. The first-order chi connectivity index (χ1) is 17.0. The van der Waals surface area contributed by atoms with Crippen molar-refractivity contribution in [2.24, 2.45) is 0 Å². The number of carbonyl (C=O) groups excluding carboxylic acids is 2. The number of thioether (sulfide) groups is 1. The Balaban J connectivity index is 1.35. The van der Waals surface area contributed by atoms with E-state index in [1.165, 1.54) is 11.8 Å². The third kappa shape index (κ3) is 4.81. The van der Waals surface area contributed by atoms with Gasteiger partial charge in [0, 0.05) is 37.2 Å². The van der Waals surface area contributed by atoms with Crippen LogP contribution in [0.4, 0.5) is 11.4 Å². The zero-order valence-electron chi connectivity index (χ0n) is 19.1. The van der Waals surface area contributed by atoms with Crippen molar-refractivity contribution in [1.82, 2.24) is 14.5 Å². The molecule has 0 atom stereocenters. The van der Waals surface area contributed by atoms with E-state index in [0.29, 0.717) is 34.8 Å². The number of nitrogens with one attached hydrogen (secondary N) is 1. The van der Waals surface area contributed by atoms with Crippen LogP contribution < -0.4 is 15.8 Å². The number of benzene rings is 2. The van der Waals surface area contributed by atoms with Crippen molar-refractivity contribution in [2.45, 2.75) is 25.0 Å². The maximum Gasteiger partial charge on any atom is 0.262 e. The van der Waals surface area contributed by atoms with E-state index in [1.54, 1.807) is 47.0 Å². The summed E-state index contributed by atoms with van der Waals surface area (Å²) in [6.07, 6.45) is 4.12. The average Bonchev–Trinajstić information content (AvgIpc) is 3.29. The normalized spacial score (nSPS) is 12.5. The fourth-order valence-corrected chi connectivity index (χ4v) is 5.00. The number of anilines is 2. The van der Waals surface area contributed by atoms with Gasteiger partial charge in [-0.25, -0.2) is 4.98 Å². The number of aromatic nitrogens is 3. The van der Waals surface area contributed by atoms with E-state index in [1.807, 2.05) is 36.4 Å². The molecule has 0 saturated carbocycles. The van der Waals surface area contributed by atoms with Crippen LogP contribution in [0.5, 0.6) is 0 Å². The van der Waals surface area contributed by atoms with E-state index < -0.39 is 0 Å². The van der Waals surface area contributed by atoms with Crippen LogP contribution in [0.2, 0.25) is 0 Å². The molecule has 0 fully saturated rings. The lowest BCUT2D eigenvalue weighted by Crippen LogP contribution is -2.25. The molecule has 1 aliphatic rings. The van der Waals surface area contributed by atoms with Crippen LogP contribution in [0.3, 0.4) is 0 Å². The molecular formula is C26H23N5O3S. The van der Waals surface area contributed by atoms with E-state index >= 15 is 0 Å². The Labute approximate surface area is 206 Å². The molecule has 0 saturated heterocycles. The molecule has 9 heteroatoms. The molecule has 35 heavy (non-hydrogen) atoms. The number of hydrogen-bond donors (Lipinski definition) is 1. The van der Waals surface area contributed by atoms with Gasteiger partial charge >= 0.3 is 0 Å². The summed E-state index contributed by atoms with van der Waals surface area (Å²) in [6, 6.07) is 16.5. The Morgan fingerprint density at radius 2 is 1.89 bits per heavy atom. The van der Waals surface area contributed by atoms with E-state index in [4.69, 9.17) is 0 Å². The first kappa shape index (κ1) is 22.8. The second kappa shape index (κ2) is 9.71. The zero-order chi connectivity index (χ0) is 24.4. The molecule has 176 valence electrons. The van der Waals surface area contributed by atoms with E-state index in [9.17, 15) is 14.4 Å². The average molecular weight is 486 g/mol. The Morgan fingerprint density at radius 1 is 1.09 bits per heavy atom. The molecule has 8 nitrogen and oxygen atoms in total. The molecule has 1 N–H and O–H groups in total. The standard InChI is InChI=1S/C26H23N5O3S/c1-17(32)30-13-10-19-14-20(6-7-23(19)30)28-24(33)16-35-26-29-22-5-3-2-4-21(22)25(34)31(26)15-18-8-11-27-12-9-18/h2-9,11-12,14H,10,13,15-16H2,1H3,(H,28,33). The van der Waals surface area contributed by atoms with Gasteiger partial charge in [-0.2, -0.15) is 0 Å². The van der Waals surface area contributed by atoms with Crippen LogP contribution in [0.25, 0.3) is 10.9 Å². The van der Waals surface area contributed by atoms with Gasteiger partial charge < -0.3 is 10.2 Å². The highest BCUT2D eigenvalue weighted by molar-refractivity contribution is 7.99. The van der Waals surface area contributed by atoms with Crippen molar-refractivity contribution in [3.05, 3.63) is 88.5 Å². The second-order valence-electron chi connectivity index (χ2n) is 8.26. The lowest BCUT2D eigenvalue weighted by Gasteiger charge is -2.15. The smallest absolute Gasteiger partial charge is 0.262 e. The summed E-state index contributed by atoms with van der Waals surface area (Å²) in [6.45, 7) is 2.54. The summed E-state index contributed by atoms with van der Waals surface area (Å²) in [5.74, 6) is -0.0931. The number of fused-ring (bicyclic) bond motifs is 2. The predicted molar refractivity (Wildman–Crippen MR) is 137 cm³/mol. The van der Waals surface area contributed by atoms with Crippen molar-refractivity contribution in [2.75, 3.05) is 22.5 Å². The minimum atomic E-state index is -0.200. The Morgan fingerprint density at radius 3 is 2.69 bits per heavy atom. The van der Waals surface area contributed by atoms with E-state index in [2.05, 4.69) is 15.3 Å². The Kier molecular flexibility index (Phi) is 6.33. The fourth-order valence-electron chi connectivity index (χ4n) is 4.20. The lowest BCUT2D eigenvalue weighted by atomic mass is 10.1. The minimum absolute atomic E-state index is 0.0117. The third-order valence-corrected chi connectivity index (χ3v) is 6.86. The molecule has 5 rings (SSSR count). The lowest BCUT2D eigenvalue weighted by molar-refractivity contribution is -0.116. The van der Waals surface area contributed by atoms with Gasteiger partial charge in [-0.15, -0.1) is 0 Å². The van der Waals surface area contributed by atoms with Crippen molar-refractivity contribution in [1.29, 1.82) is 0 Å². The Hall–Kier alpha value is -3.98. The molecule has 0 spiro atoms. The van der Waals surface area contributed by atoms with Gasteiger partial charge in [-0.3, -0.25) is 23.9 Å². The summed E-state index contributed by atoms with van der Waals surface area (Å²) in [4.78, 5) is 48.2. The molecule has 3 heterocycles. The van der Waals surface area contributed by atoms with Gasteiger partial charge in [0.2, 0.25) is 11.8 Å². The molecular weight excluding hydrogens is 462 g/mol. The van der Waals surface area contributed by atoms with Crippen molar-refractivity contribution < 1.29 is 9.59 Å². The number of amides is 2. The highest BCUT2D eigenvalue weighted by Gasteiger charge is 2.22. The third-order valence-electron chi connectivity index (χ3n) is 5.89. The van der Waals surface area contributed by atoms with Gasteiger partial charge in [0.15, 0.2) is 5.16 Å². The molecule has 0 aliphatic carbocycles. The van der Waals surface area contributed by atoms with Gasteiger partial charge in [-0.05, 0) is 60.0 Å². The summed E-state index contributed by atoms with van der Waals surface area (Å²) in [5, 5.41) is 3.93. The molecule has 1 aliphatic heterocycles. The summed E-state index contributed by atoms with van der Waals surface area (Å²) in [5.41, 5.74) is 3.98. The monoisotopic (exact) mass is 485 g/mol. The topological polar surface area (TPSA) is 97.2 Å². The van der Waals surface area contributed by atoms with Crippen LogP contribution in [0.1, 0.15) is 18.1 Å². The Bertz CT molecular complexity index is 1490. The quantitative estimate of drug-likeness (QED) is 0.332. The number of pyridine rings is 1. The van der Waals surface area contributed by atoms with Crippen molar-refractivity contribution in [3.63, 3.8) is 0 Å². The molecule has 0 bridgehead atoms.